The Labute approximate surface area is 195 Å². The van der Waals surface area contributed by atoms with Gasteiger partial charge in [-0.15, -0.1) is 0 Å². The Hall–Kier alpha value is -2.93. The monoisotopic (exact) mass is 471 g/mol. The molecule has 1 aliphatic rings. The maximum Gasteiger partial charge on any atom is 0.247 e. The highest BCUT2D eigenvalue weighted by molar-refractivity contribution is 7.89. The van der Waals surface area contributed by atoms with Crippen LogP contribution in [-0.2, 0) is 14.8 Å². The number of amides is 1. The van der Waals surface area contributed by atoms with Gasteiger partial charge in [-0.05, 0) is 37.3 Å². The summed E-state index contributed by atoms with van der Waals surface area (Å²) in [6.07, 6.45) is 2.85. The average molecular weight is 472 g/mol. The van der Waals surface area contributed by atoms with Gasteiger partial charge in [-0.1, -0.05) is 18.8 Å². The molecule has 3 rings (SSSR count). The molecule has 1 N–H and O–H groups in total. The summed E-state index contributed by atoms with van der Waals surface area (Å²) in [6.45, 7) is 5.15. The summed E-state index contributed by atoms with van der Waals surface area (Å²) in [7, 11) is -2.25. The van der Waals surface area contributed by atoms with Gasteiger partial charge < -0.3 is 14.7 Å². The number of aliphatic hydroxyl groups excluding tert-OH is 1. The first-order chi connectivity index (χ1) is 15.6. The predicted octanol–water partition coefficient (Wildman–Crippen LogP) is 1.73. The number of carbonyl (C=O) groups excluding carboxylic acids is 1. The van der Waals surface area contributed by atoms with Crippen LogP contribution >= 0.6 is 0 Å². The van der Waals surface area contributed by atoms with Crippen molar-refractivity contribution in [2.45, 2.75) is 37.8 Å². The number of benzene rings is 1. The molecule has 3 atom stereocenters. The summed E-state index contributed by atoms with van der Waals surface area (Å²) < 4.78 is 34.5. The third-order valence-corrected chi connectivity index (χ3v) is 7.69. The van der Waals surface area contributed by atoms with E-state index in [9.17, 15) is 18.3 Å². The number of sulfonamides is 1. The number of fused-ring (bicyclic) bond motifs is 1. The Morgan fingerprint density at radius 2 is 2.06 bits per heavy atom. The molecule has 1 aromatic heterocycles. The van der Waals surface area contributed by atoms with Crippen LogP contribution in [0.1, 0.15) is 31.9 Å². The molecule has 0 unspecified atom stereocenters. The fourth-order valence-corrected chi connectivity index (χ4v) is 5.33. The molecule has 8 nitrogen and oxygen atoms in total. The Kier molecular flexibility index (Phi) is 7.74. The second-order valence-electron chi connectivity index (χ2n) is 8.29. The van der Waals surface area contributed by atoms with Gasteiger partial charge in [0, 0.05) is 56.0 Å². The normalized spacial score (nSPS) is 20.8. The molecule has 1 amide bonds. The summed E-state index contributed by atoms with van der Waals surface area (Å²) in [6, 6.07) is 7.73. The van der Waals surface area contributed by atoms with Crippen LogP contribution in [0.4, 0.5) is 0 Å². The topological polar surface area (TPSA) is 100 Å². The van der Waals surface area contributed by atoms with E-state index in [1.165, 1.54) is 17.3 Å². The van der Waals surface area contributed by atoms with Gasteiger partial charge in [0.15, 0.2) is 0 Å². The SMILES string of the molecule is CC(=O)N(C)C[C@@H]1Oc2cc(C#Cc3cccnc3)ccc2S(=O)(=O)N([C@H](C)CO)C[C@H]1C. The van der Waals surface area contributed by atoms with Crippen molar-refractivity contribution in [3.63, 3.8) is 0 Å². The second-order valence-corrected chi connectivity index (χ2v) is 10.2. The van der Waals surface area contributed by atoms with Crippen LogP contribution in [0.25, 0.3) is 0 Å². The second kappa shape index (κ2) is 10.3. The van der Waals surface area contributed by atoms with Crippen LogP contribution in [-0.4, -0.2) is 72.5 Å². The summed E-state index contributed by atoms with van der Waals surface area (Å²) in [5.41, 5.74) is 1.32. The maximum atomic E-state index is 13.5. The van der Waals surface area contributed by atoms with E-state index < -0.39 is 22.2 Å². The van der Waals surface area contributed by atoms with Crippen molar-refractivity contribution in [3.8, 4) is 17.6 Å². The van der Waals surface area contributed by atoms with Gasteiger partial charge in [0.05, 0.1) is 13.2 Å². The molecule has 1 aromatic carbocycles. The van der Waals surface area contributed by atoms with Gasteiger partial charge in [-0.2, -0.15) is 4.31 Å². The molecular weight excluding hydrogens is 442 g/mol. The lowest BCUT2D eigenvalue weighted by atomic mass is 10.0. The lowest BCUT2D eigenvalue weighted by Crippen LogP contribution is -2.50. The molecule has 0 saturated carbocycles. The molecule has 33 heavy (non-hydrogen) atoms. The highest BCUT2D eigenvalue weighted by Gasteiger charge is 2.38. The number of aliphatic hydroxyl groups is 1. The fourth-order valence-electron chi connectivity index (χ4n) is 3.50. The molecular formula is C24H29N3O5S. The highest BCUT2D eigenvalue weighted by Crippen LogP contribution is 2.34. The number of rotatable bonds is 4. The standard InChI is InChI=1S/C24H29N3O5S/c1-17-14-27(18(2)16-28)33(30,31)24-10-9-20(7-8-21-6-5-11-25-13-21)12-22(24)32-23(17)15-26(4)19(3)29/h5-6,9-13,17-18,23,28H,14-16H2,1-4H3/t17-,18-,23+/m1/s1. The number of ether oxygens (including phenoxy) is 1. The molecule has 1 aliphatic heterocycles. The van der Waals surface area contributed by atoms with Crippen molar-refractivity contribution in [1.82, 2.24) is 14.2 Å². The number of pyridine rings is 1. The fraction of sp³-hybridized carbons (Fsp3) is 0.417. The van der Waals surface area contributed by atoms with Crippen molar-refractivity contribution >= 4 is 15.9 Å². The third kappa shape index (κ3) is 5.71. The minimum Gasteiger partial charge on any atom is -0.487 e. The Balaban J connectivity index is 2.08. The largest absolute Gasteiger partial charge is 0.487 e. The van der Waals surface area contributed by atoms with E-state index in [0.717, 1.165) is 5.56 Å². The number of carbonyl (C=O) groups is 1. The first-order valence-electron chi connectivity index (χ1n) is 10.7. The number of likely N-dealkylation sites (N-methyl/N-ethyl adjacent to an activating group) is 1. The van der Waals surface area contributed by atoms with Crippen LogP contribution < -0.4 is 4.74 Å². The molecule has 176 valence electrons. The first-order valence-corrected chi connectivity index (χ1v) is 12.1. The average Bonchev–Trinajstić information content (AvgIpc) is 2.79. The zero-order chi connectivity index (χ0) is 24.2. The number of hydrogen-bond acceptors (Lipinski definition) is 6. The summed E-state index contributed by atoms with van der Waals surface area (Å²) >= 11 is 0. The lowest BCUT2D eigenvalue weighted by Gasteiger charge is -2.37. The van der Waals surface area contributed by atoms with Gasteiger partial charge in [0.1, 0.15) is 16.7 Å². The minimum atomic E-state index is -3.93. The van der Waals surface area contributed by atoms with Crippen LogP contribution in [0.3, 0.4) is 0 Å². The van der Waals surface area contributed by atoms with Gasteiger partial charge >= 0.3 is 0 Å². The zero-order valence-corrected chi connectivity index (χ0v) is 20.0. The smallest absolute Gasteiger partial charge is 0.247 e. The molecule has 0 aliphatic carbocycles. The Morgan fingerprint density at radius 1 is 1.33 bits per heavy atom. The molecule has 0 spiro atoms. The van der Waals surface area contributed by atoms with Gasteiger partial charge in [-0.3, -0.25) is 9.78 Å². The van der Waals surface area contributed by atoms with Crippen molar-refractivity contribution < 1.29 is 23.1 Å². The molecule has 2 heterocycles. The molecule has 2 aromatic rings. The number of hydrogen-bond donors (Lipinski definition) is 1. The van der Waals surface area contributed by atoms with Gasteiger partial charge in [0.25, 0.3) is 0 Å². The number of aromatic nitrogens is 1. The summed E-state index contributed by atoms with van der Waals surface area (Å²) in [5, 5.41) is 9.71. The Morgan fingerprint density at radius 3 is 2.70 bits per heavy atom. The molecule has 0 saturated heterocycles. The minimum absolute atomic E-state index is 0.0112. The van der Waals surface area contributed by atoms with E-state index in [4.69, 9.17) is 4.74 Å². The quantitative estimate of drug-likeness (QED) is 0.682. The van der Waals surface area contributed by atoms with Crippen molar-refractivity contribution in [2.24, 2.45) is 5.92 Å². The van der Waals surface area contributed by atoms with E-state index in [2.05, 4.69) is 16.8 Å². The van der Waals surface area contributed by atoms with Crippen molar-refractivity contribution in [1.29, 1.82) is 0 Å². The van der Waals surface area contributed by atoms with Gasteiger partial charge in [-0.25, -0.2) is 8.42 Å². The summed E-state index contributed by atoms with van der Waals surface area (Å²) in [4.78, 5) is 17.4. The maximum absolute atomic E-state index is 13.5. The van der Waals surface area contributed by atoms with Crippen LogP contribution in [0.15, 0.2) is 47.6 Å². The lowest BCUT2D eigenvalue weighted by molar-refractivity contribution is -0.129. The number of nitrogens with zero attached hydrogens (tertiary/aromatic N) is 3. The van der Waals surface area contributed by atoms with Crippen LogP contribution in [0, 0.1) is 17.8 Å². The molecule has 0 radical (unpaired) electrons. The predicted molar refractivity (Wildman–Crippen MR) is 124 cm³/mol. The van der Waals surface area contributed by atoms with Crippen LogP contribution in [0.2, 0.25) is 0 Å². The van der Waals surface area contributed by atoms with Crippen LogP contribution in [0.5, 0.6) is 5.75 Å². The van der Waals surface area contributed by atoms with E-state index in [0.29, 0.717) is 12.1 Å². The zero-order valence-electron chi connectivity index (χ0n) is 19.2. The van der Waals surface area contributed by atoms with E-state index in [1.54, 1.807) is 49.5 Å². The highest BCUT2D eigenvalue weighted by atomic mass is 32.2. The first kappa shape index (κ1) is 24.7. The van der Waals surface area contributed by atoms with Crippen molar-refractivity contribution in [2.75, 3.05) is 26.7 Å². The van der Waals surface area contributed by atoms with E-state index in [-0.39, 0.29) is 35.6 Å². The molecule has 0 bridgehead atoms. The Bertz CT molecular complexity index is 1160. The summed E-state index contributed by atoms with van der Waals surface area (Å²) in [5.74, 6) is 5.85. The third-order valence-electron chi connectivity index (χ3n) is 5.67. The molecule has 0 fully saturated rings. The molecule has 9 heteroatoms. The van der Waals surface area contributed by atoms with E-state index >= 15 is 0 Å². The van der Waals surface area contributed by atoms with Crippen molar-refractivity contribution in [3.05, 3.63) is 53.9 Å². The van der Waals surface area contributed by atoms with Gasteiger partial charge in [0.2, 0.25) is 15.9 Å². The van der Waals surface area contributed by atoms with E-state index in [1.807, 2.05) is 13.0 Å².